The van der Waals surface area contributed by atoms with Crippen LogP contribution in [0.3, 0.4) is 0 Å². The van der Waals surface area contributed by atoms with Crippen molar-refractivity contribution in [3.05, 3.63) is 96.6 Å². The van der Waals surface area contributed by atoms with E-state index in [2.05, 4.69) is 51.4 Å². The van der Waals surface area contributed by atoms with Gasteiger partial charge in [0.1, 0.15) is 18.0 Å². The summed E-state index contributed by atoms with van der Waals surface area (Å²) in [6.45, 7) is 4.75. The molecular weight excluding hydrogens is 534 g/mol. The molecule has 2 nitrogen and oxygen atoms in total. The number of ether oxygens (including phenoxy) is 1. The summed E-state index contributed by atoms with van der Waals surface area (Å²) in [5, 5.41) is 0. The summed E-state index contributed by atoms with van der Waals surface area (Å²) >= 11 is 0. The second kappa shape index (κ2) is 25.2. The van der Waals surface area contributed by atoms with Crippen molar-refractivity contribution < 1.29 is 21.6 Å². The highest BCUT2D eigenvalue weighted by atomic mass is 35.5. The highest BCUT2D eigenvalue weighted by molar-refractivity contribution is 5.30. The van der Waals surface area contributed by atoms with Crippen molar-refractivity contribution in [2.45, 2.75) is 116 Å². The van der Waals surface area contributed by atoms with Gasteiger partial charge in [-0.05, 0) is 37.1 Å². The van der Waals surface area contributed by atoms with E-state index in [9.17, 15) is 0 Å². The third-order valence-electron chi connectivity index (χ3n) is 7.79. The van der Waals surface area contributed by atoms with Gasteiger partial charge < -0.3 is 21.6 Å². The molecule has 3 aromatic carbocycles. The molecule has 0 radical (unpaired) electrons. The van der Waals surface area contributed by atoms with Gasteiger partial charge in [0, 0.05) is 5.56 Å². The lowest BCUT2D eigenvalue weighted by Gasteiger charge is -2.30. The Labute approximate surface area is 265 Å². The van der Waals surface area contributed by atoms with Crippen molar-refractivity contribution in [2.75, 3.05) is 20.6 Å². The minimum atomic E-state index is 0. The molecule has 3 heteroatoms. The Morgan fingerprint density at radius 3 is 1.17 bits per heavy atom. The van der Waals surface area contributed by atoms with Gasteiger partial charge in [-0.2, -0.15) is 0 Å². The maximum atomic E-state index is 5.58. The fraction of sp³-hybridized carbons (Fsp3) is 0.538. The van der Waals surface area contributed by atoms with E-state index in [0.29, 0.717) is 0 Å². The smallest absolute Gasteiger partial charge is 0.127 e. The van der Waals surface area contributed by atoms with Gasteiger partial charge in [0.2, 0.25) is 0 Å². The molecule has 0 N–H and O–H groups in total. The Kier molecular flexibility index (Phi) is 22.7. The molecule has 0 aliphatic carbocycles. The first-order chi connectivity index (χ1) is 20.1. The number of rotatable bonds is 21. The number of quaternary nitrogens is 1. The first-order valence-corrected chi connectivity index (χ1v) is 16.7. The summed E-state index contributed by atoms with van der Waals surface area (Å²) < 4.78 is 6.69. The molecule has 0 unspecified atom stereocenters. The zero-order valence-electron chi connectivity index (χ0n) is 27.1. The summed E-state index contributed by atoms with van der Waals surface area (Å²) in [6, 6.07) is 30.5. The molecule has 3 rings (SSSR count). The van der Waals surface area contributed by atoms with Crippen molar-refractivity contribution in [1.29, 1.82) is 0 Å². The molecule has 0 atom stereocenters. The van der Waals surface area contributed by atoms with Gasteiger partial charge in [0.15, 0.2) is 0 Å². The van der Waals surface area contributed by atoms with E-state index >= 15 is 0 Å². The van der Waals surface area contributed by atoms with Crippen LogP contribution < -0.4 is 17.1 Å². The van der Waals surface area contributed by atoms with Crippen molar-refractivity contribution in [3.8, 4) is 11.5 Å². The molecule has 0 aliphatic heterocycles. The van der Waals surface area contributed by atoms with Gasteiger partial charge in [0.05, 0.1) is 20.6 Å². The Hall–Kier alpha value is -2.29. The standard InChI is InChI=1S/C27H50N.C12H10O.ClH/c1-4-5-6-7-8-9-10-11-12-13-14-15-16-17-18-22-25-28(2,3)26-27-23-20-19-21-24-27;1-3-7-11(8-4-1)13-12-9-5-2-6-10-12;/h19-21,23-24H,4-18,22,25-26H2,1-3H3;1-10H;1H/q+1;;/p-1. The van der Waals surface area contributed by atoms with Gasteiger partial charge in [-0.3, -0.25) is 0 Å². The fourth-order valence-electron chi connectivity index (χ4n) is 5.36. The molecule has 0 aliphatic rings. The largest absolute Gasteiger partial charge is 1.00 e. The predicted molar refractivity (Wildman–Crippen MR) is 180 cm³/mol. The third-order valence-corrected chi connectivity index (χ3v) is 7.79. The fourth-order valence-corrected chi connectivity index (χ4v) is 5.36. The quantitative estimate of drug-likeness (QED) is 0.0884. The predicted octanol–water partition coefficient (Wildman–Crippen LogP) is 9.01. The molecule has 0 spiro atoms. The normalized spacial score (nSPS) is 10.8. The molecule has 3 aromatic rings. The summed E-state index contributed by atoms with van der Waals surface area (Å²) in [5.74, 6) is 1.74. The Bertz CT molecular complexity index is 924. The Balaban J connectivity index is 0.000000521. The van der Waals surface area contributed by atoms with Crippen LogP contribution in [0, 0.1) is 0 Å². The molecule has 0 aromatic heterocycles. The first-order valence-electron chi connectivity index (χ1n) is 16.7. The van der Waals surface area contributed by atoms with Gasteiger partial charge >= 0.3 is 0 Å². The topological polar surface area (TPSA) is 9.23 Å². The molecular formula is C39H60ClNO. The molecule has 0 bridgehead atoms. The van der Waals surface area contributed by atoms with Crippen LogP contribution in [0.1, 0.15) is 115 Å². The summed E-state index contributed by atoms with van der Waals surface area (Å²) in [7, 11) is 4.75. The van der Waals surface area contributed by atoms with E-state index in [4.69, 9.17) is 4.74 Å². The first kappa shape index (κ1) is 37.7. The molecule has 0 heterocycles. The van der Waals surface area contributed by atoms with Crippen LogP contribution in [0.2, 0.25) is 0 Å². The zero-order valence-corrected chi connectivity index (χ0v) is 27.9. The molecule has 0 fully saturated rings. The van der Waals surface area contributed by atoms with Crippen molar-refractivity contribution in [1.82, 2.24) is 0 Å². The van der Waals surface area contributed by atoms with E-state index in [1.807, 2.05) is 60.7 Å². The van der Waals surface area contributed by atoms with E-state index in [1.165, 1.54) is 115 Å². The van der Waals surface area contributed by atoms with Crippen LogP contribution >= 0.6 is 0 Å². The summed E-state index contributed by atoms with van der Waals surface area (Å²) in [4.78, 5) is 0. The van der Waals surface area contributed by atoms with Crippen LogP contribution in [0.5, 0.6) is 11.5 Å². The number of benzene rings is 3. The highest BCUT2D eigenvalue weighted by Gasteiger charge is 2.14. The average Bonchev–Trinajstić information content (AvgIpc) is 2.98. The number of para-hydroxylation sites is 2. The lowest BCUT2D eigenvalue weighted by molar-refractivity contribution is -0.903. The SMILES string of the molecule is CCCCCCCCCCCCCCCCCC[N+](C)(C)Cc1ccccc1.[Cl-].c1ccc(Oc2ccccc2)cc1. The minimum absolute atomic E-state index is 0. The maximum absolute atomic E-state index is 5.58. The monoisotopic (exact) mass is 593 g/mol. The molecule has 0 amide bonds. The number of unbranched alkanes of at least 4 members (excludes halogenated alkanes) is 15. The highest BCUT2D eigenvalue weighted by Crippen LogP contribution is 2.19. The van der Waals surface area contributed by atoms with Gasteiger partial charge in [-0.15, -0.1) is 0 Å². The van der Waals surface area contributed by atoms with Crippen molar-refractivity contribution >= 4 is 0 Å². The maximum Gasteiger partial charge on any atom is 0.127 e. The van der Waals surface area contributed by atoms with Gasteiger partial charge in [-0.1, -0.05) is 164 Å². The van der Waals surface area contributed by atoms with Gasteiger partial charge in [-0.25, -0.2) is 0 Å². The molecule has 42 heavy (non-hydrogen) atoms. The number of halogens is 1. The van der Waals surface area contributed by atoms with E-state index in [0.717, 1.165) is 22.5 Å². The lowest BCUT2D eigenvalue weighted by Crippen LogP contribution is -3.00. The van der Waals surface area contributed by atoms with E-state index in [-0.39, 0.29) is 12.4 Å². The van der Waals surface area contributed by atoms with Crippen LogP contribution in [-0.4, -0.2) is 25.1 Å². The van der Waals surface area contributed by atoms with Gasteiger partial charge in [0.25, 0.3) is 0 Å². The number of hydrogen-bond donors (Lipinski definition) is 0. The van der Waals surface area contributed by atoms with E-state index in [1.54, 1.807) is 0 Å². The summed E-state index contributed by atoms with van der Waals surface area (Å²) in [6.07, 6.45) is 23.2. The van der Waals surface area contributed by atoms with Crippen molar-refractivity contribution in [2.24, 2.45) is 0 Å². The number of nitrogens with zero attached hydrogens (tertiary/aromatic N) is 1. The van der Waals surface area contributed by atoms with Crippen molar-refractivity contribution in [3.63, 3.8) is 0 Å². The third kappa shape index (κ3) is 20.6. The molecule has 0 saturated heterocycles. The summed E-state index contributed by atoms with van der Waals surface area (Å²) in [5.41, 5.74) is 1.46. The zero-order chi connectivity index (χ0) is 29.3. The second-order valence-corrected chi connectivity index (χ2v) is 12.3. The molecule has 234 valence electrons. The van der Waals surface area contributed by atoms with E-state index < -0.39 is 0 Å². The Morgan fingerprint density at radius 1 is 0.452 bits per heavy atom. The van der Waals surface area contributed by atoms with Crippen LogP contribution in [-0.2, 0) is 6.54 Å². The Morgan fingerprint density at radius 2 is 0.786 bits per heavy atom. The second-order valence-electron chi connectivity index (χ2n) is 12.3. The average molecular weight is 594 g/mol. The molecule has 0 saturated carbocycles. The number of hydrogen-bond acceptors (Lipinski definition) is 1. The van der Waals surface area contributed by atoms with Crippen LogP contribution in [0.25, 0.3) is 0 Å². The lowest BCUT2D eigenvalue weighted by atomic mass is 10.0. The van der Waals surface area contributed by atoms with Crippen LogP contribution in [0.4, 0.5) is 0 Å². The van der Waals surface area contributed by atoms with Crippen LogP contribution in [0.15, 0.2) is 91.0 Å². The minimum Gasteiger partial charge on any atom is -1.00 e.